The Morgan fingerprint density at radius 3 is 2.69 bits per heavy atom. The van der Waals surface area contributed by atoms with Crippen LogP contribution in [-0.4, -0.2) is 20.2 Å². The molecule has 0 spiro atoms. The number of halogens is 1. The van der Waals surface area contributed by atoms with Crippen molar-refractivity contribution in [2.24, 2.45) is 5.41 Å². The molecule has 0 saturated heterocycles. The van der Waals surface area contributed by atoms with Crippen LogP contribution in [0.3, 0.4) is 0 Å². The topological polar surface area (TPSA) is 43.6 Å². The largest absolute Gasteiger partial charge is 0.224 e. The van der Waals surface area contributed by atoms with E-state index in [-0.39, 0.29) is 5.38 Å². The zero-order valence-corrected chi connectivity index (χ0v) is 8.78. The Labute approximate surface area is 82.3 Å². The zero-order chi connectivity index (χ0) is 9.64. The molecule has 0 aliphatic heterocycles. The molecule has 5 heteroatoms. The number of hydrogen-bond acceptors (Lipinski definition) is 3. The van der Waals surface area contributed by atoms with Gasteiger partial charge in [-0.3, -0.25) is 0 Å². The van der Waals surface area contributed by atoms with E-state index in [9.17, 15) is 0 Å². The first kappa shape index (κ1) is 8.94. The third-order valence-electron chi connectivity index (χ3n) is 2.63. The predicted molar refractivity (Wildman–Crippen MR) is 49.5 cm³/mol. The van der Waals surface area contributed by atoms with E-state index in [4.69, 9.17) is 11.6 Å². The Morgan fingerprint density at radius 1 is 1.62 bits per heavy atom. The minimum absolute atomic E-state index is 0.119. The molecule has 0 radical (unpaired) electrons. The normalized spacial score (nSPS) is 27.2. The molecule has 72 valence electrons. The van der Waals surface area contributed by atoms with E-state index in [1.807, 2.05) is 11.6 Å². The van der Waals surface area contributed by atoms with Gasteiger partial charge in [-0.05, 0) is 29.2 Å². The van der Waals surface area contributed by atoms with Gasteiger partial charge in [0.05, 0.1) is 11.4 Å². The predicted octanol–water partition coefficient (Wildman–Crippen LogP) is 1.94. The van der Waals surface area contributed by atoms with Crippen molar-refractivity contribution in [2.45, 2.75) is 38.6 Å². The van der Waals surface area contributed by atoms with Gasteiger partial charge < -0.3 is 0 Å². The molecule has 1 saturated carbocycles. The summed E-state index contributed by atoms with van der Waals surface area (Å²) < 4.78 is 1.86. The molecule has 1 aromatic heterocycles. The van der Waals surface area contributed by atoms with Crippen molar-refractivity contribution < 1.29 is 0 Å². The van der Waals surface area contributed by atoms with E-state index in [0.717, 1.165) is 12.2 Å². The summed E-state index contributed by atoms with van der Waals surface area (Å²) in [6, 6.07) is 0.429. The van der Waals surface area contributed by atoms with Crippen molar-refractivity contribution >= 4 is 11.6 Å². The van der Waals surface area contributed by atoms with Gasteiger partial charge in [-0.25, -0.2) is 4.68 Å². The molecule has 1 fully saturated rings. The summed E-state index contributed by atoms with van der Waals surface area (Å²) in [5.74, 6) is 0.775. The monoisotopic (exact) mass is 200 g/mol. The van der Waals surface area contributed by atoms with Crippen LogP contribution in [0, 0.1) is 5.41 Å². The lowest BCUT2D eigenvalue weighted by atomic mass is 10.2. The van der Waals surface area contributed by atoms with E-state index in [0.29, 0.717) is 11.5 Å². The van der Waals surface area contributed by atoms with Gasteiger partial charge in [0.2, 0.25) is 0 Å². The van der Waals surface area contributed by atoms with E-state index in [1.165, 1.54) is 0 Å². The highest BCUT2D eigenvalue weighted by Gasteiger charge is 2.49. The van der Waals surface area contributed by atoms with Gasteiger partial charge >= 0.3 is 0 Å². The molecular weight excluding hydrogens is 188 g/mol. The highest BCUT2D eigenvalue weighted by molar-refractivity contribution is 6.20. The highest BCUT2D eigenvalue weighted by Crippen LogP contribution is 2.55. The summed E-state index contributed by atoms with van der Waals surface area (Å²) >= 11 is 5.95. The fraction of sp³-hybridized carbons (Fsp3) is 0.875. The Kier molecular flexibility index (Phi) is 1.84. The maximum atomic E-state index is 5.95. The number of rotatable bonds is 2. The number of hydrogen-bond donors (Lipinski definition) is 0. The van der Waals surface area contributed by atoms with Crippen LogP contribution in [0.1, 0.15) is 44.4 Å². The zero-order valence-electron chi connectivity index (χ0n) is 8.03. The average Bonchev–Trinajstić information content (AvgIpc) is 2.49. The SMILES string of the molecule is CC(Cl)c1nnnn1C1CC1(C)C. The van der Waals surface area contributed by atoms with Crippen molar-refractivity contribution in [3.05, 3.63) is 5.82 Å². The van der Waals surface area contributed by atoms with Crippen molar-refractivity contribution in [2.75, 3.05) is 0 Å². The lowest BCUT2D eigenvalue weighted by Gasteiger charge is -2.06. The molecule has 4 nitrogen and oxygen atoms in total. The summed E-state index contributed by atoms with van der Waals surface area (Å²) in [7, 11) is 0. The molecule has 0 aromatic carbocycles. The van der Waals surface area contributed by atoms with Gasteiger partial charge in [-0.15, -0.1) is 16.7 Å². The molecule has 1 aliphatic rings. The van der Waals surface area contributed by atoms with E-state index < -0.39 is 0 Å². The molecule has 0 N–H and O–H groups in total. The highest BCUT2D eigenvalue weighted by atomic mass is 35.5. The van der Waals surface area contributed by atoms with Crippen molar-refractivity contribution in [3.63, 3.8) is 0 Å². The maximum absolute atomic E-state index is 5.95. The van der Waals surface area contributed by atoms with Gasteiger partial charge in [0.15, 0.2) is 5.82 Å². The Morgan fingerprint density at radius 2 is 2.23 bits per heavy atom. The van der Waals surface area contributed by atoms with Crippen molar-refractivity contribution in [1.82, 2.24) is 20.2 Å². The second-order valence-electron chi connectivity index (χ2n) is 4.31. The summed E-state index contributed by atoms with van der Waals surface area (Å²) in [6.45, 7) is 6.31. The second kappa shape index (κ2) is 2.67. The van der Waals surface area contributed by atoms with E-state index in [2.05, 4.69) is 29.4 Å². The minimum atomic E-state index is -0.119. The summed E-state index contributed by atoms with van der Waals surface area (Å²) in [5, 5.41) is 11.4. The van der Waals surface area contributed by atoms with Crippen LogP contribution in [0.5, 0.6) is 0 Å². The van der Waals surface area contributed by atoms with Crippen LogP contribution in [0.25, 0.3) is 0 Å². The molecule has 2 rings (SSSR count). The van der Waals surface area contributed by atoms with Gasteiger partial charge in [-0.1, -0.05) is 13.8 Å². The molecule has 2 atom stereocenters. The molecule has 1 aliphatic carbocycles. The molecule has 0 amide bonds. The molecule has 0 bridgehead atoms. The van der Waals surface area contributed by atoms with E-state index in [1.54, 1.807) is 0 Å². The Balaban J connectivity index is 2.27. The maximum Gasteiger partial charge on any atom is 0.169 e. The lowest BCUT2D eigenvalue weighted by Crippen LogP contribution is -2.07. The molecular formula is C8H13ClN4. The number of tetrazole rings is 1. The fourth-order valence-corrected chi connectivity index (χ4v) is 1.68. The molecule has 1 aromatic rings. The molecule has 2 unspecified atom stereocenters. The van der Waals surface area contributed by atoms with Crippen LogP contribution < -0.4 is 0 Å². The van der Waals surface area contributed by atoms with E-state index >= 15 is 0 Å². The number of aromatic nitrogens is 4. The van der Waals surface area contributed by atoms with Crippen molar-refractivity contribution in [1.29, 1.82) is 0 Å². The lowest BCUT2D eigenvalue weighted by molar-refractivity contribution is 0.479. The summed E-state index contributed by atoms with van der Waals surface area (Å²) in [4.78, 5) is 0. The average molecular weight is 201 g/mol. The standard InChI is InChI=1S/C8H13ClN4/c1-5(9)7-10-11-12-13(7)6-4-8(6,2)3/h5-6H,4H2,1-3H3. The summed E-state index contributed by atoms with van der Waals surface area (Å²) in [5.41, 5.74) is 0.329. The Bertz CT molecular complexity index is 318. The van der Waals surface area contributed by atoms with Crippen LogP contribution in [-0.2, 0) is 0 Å². The van der Waals surface area contributed by atoms with Gasteiger partial charge in [-0.2, -0.15) is 0 Å². The molecule has 1 heterocycles. The first-order chi connectivity index (χ1) is 6.02. The van der Waals surface area contributed by atoms with Crippen LogP contribution in [0.2, 0.25) is 0 Å². The second-order valence-corrected chi connectivity index (χ2v) is 4.96. The van der Waals surface area contributed by atoms with Crippen LogP contribution in [0.4, 0.5) is 0 Å². The van der Waals surface area contributed by atoms with Gasteiger partial charge in [0.1, 0.15) is 0 Å². The summed E-state index contributed by atoms with van der Waals surface area (Å²) in [6.07, 6.45) is 1.13. The van der Waals surface area contributed by atoms with Crippen molar-refractivity contribution in [3.8, 4) is 0 Å². The van der Waals surface area contributed by atoms with Gasteiger partial charge in [0, 0.05) is 0 Å². The quantitative estimate of drug-likeness (QED) is 0.686. The fourth-order valence-electron chi connectivity index (χ4n) is 1.54. The number of alkyl halides is 1. The van der Waals surface area contributed by atoms with Crippen LogP contribution in [0.15, 0.2) is 0 Å². The first-order valence-corrected chi connectivity index (χ1v) is 4.88. The smallest absolute Gasteiger partial charge is 0.169 e. The Hall–Kier alpha value is -0.640. The van der Waals surface area contributed by atoms with Crippen LogP contribution >= 0.6 is 11.6 Å². The minimum Gasteiger partial charge on any atom is -0.224 e. The first-order valence-electron chi connectivity index (χ1n) is 4.44. The third kappa shape index (κ3) is 1.43. The number of nitrogens with zero attached hydrogens (tertiary/aromatic N) is 4. The third-order valence-corrected chi connectivity index (χ3v) is 2.83. The van der Waals surface area contributed by atoms with Gasteiger partial charge in [0.25, 0.3) is 0 Å². The molecule has 13 heavy (non-hydrogen) atoms.